The highest BCUT2D eigenvalue weighted by Crippen LogP contribution is 2.28. The van der Waals surface area contributed by atoms with E-state index in [2.05, 4.69) is 10.3 Å². The average molecular weight is 244 g/mol. The number of nitrogens with one attached hydrogen (secondary N) is 1. The Hall–Kier alpha value is -1.56. The molecule has 2 rings (SSSR count). The van der Waals surface area contributed by atoms with Crippen molar-refractivity contribution in [3.63, 3.8) is 0 Å². The summed E-state index contributed by atoms with van der Waals surface area (Å²) in [6.07, 6.45) is 0.834. The molecule has 16 heavy (non-hydrogen) atoms. The molecular formula is C9H10ClN3O3. The molecule has 0 fully saturated rings. The molecule has 2 heterocycles. The van der Waals surface area contributed by atoms with Crippen LogP contribution < -0.4 is 10.9 Å². The van der Waals surface area contributed by atoms with Gasteiger partial charge in [0.1, 0.15) is 6.04 Å². The van der Waals surface area contributed by atoms with Gasteiger partial charge < -0.3 is 10.4 Å². The van der Waals surface area contributed by atoms with Gasteiger partial charge in [0, 0.05) is 7.05 Å². The van der Waals surface area contributed by atoms with Gasteiger partial charge >= 0.3 is 5.97 Å². The maximum atomic E-state index is 11.9. The zero-order valence-corrected chi connectivity index (χ0v) is 9.28. The molecule has 0 aromatic carbocycles. The summed E-state index contributed by atoms with van der Waals surface area (Å²) >= 11 is 5.89. The van der Waals surface area contributed by atoms with Gasteiger partial charge in [0.05, 0.1) is 5.69 Å². The molecule has 1 aliphatic rings. The highest BCUT2D eigenvalue weighted by atomic mass is 35.5. The van der Waals surface area contributed by atoms with Crippen molar-refractivity contribution in [2.24, 2.45) is 0 Å². The first kappa shape index (κ1) is 10.9. The highest BCUT2D eigenvalue weighted by Gasteiger charge is 2.32. The van der Waals surface area contributed by atoms with E-state index < -0.39 is 17.6 Å². The van der Waals surface area contributed by atoms with Gasteiger partial charge in [-0.25, -0.2) is 9.78 Å². The number of carbonyl (C=O) groups is 1. The predicted molar refractivity (Wildman–Crippen MR) is 58.0 cm³/mol. The third-order valence-electron chi connectivity index (χ3n) is 2.65. The summed E-state index contributed by atoms with van der Waals surface area (Å²) in [4.78, 5) is 26.7. The van der Waals surface area contributed by atoms with E-state index in [0.717, 1.165) is 0 Å². The van der Waals surface area contributed by atoms with Gasteiger partial charge in [-0.05, 0) is 12.8 Å². The lowest BCUT2D eigenvalue weighted by Gasteiger charge is -2.11. The standard InChI is InChI=1S/C9H10ClN3O3/c1-11-7-8(14)13-4(6(10)12-7)2-3-5(13)9(15)16/h5H,2-3H2,1H3,(H,11,12)(H,15,16)/t5-/m0/s1. The quantitative estimate of drug-likeness (QED) is 0.791. The Morgan fingerprint density at radius 2 is 2.38 bits per heavy atom. The van der Waals surface area contributed by atoms with Crippen molar-refractivity contribution in [2.75, 3.05) is 12.4 Å². The van der Waals surface area contributed by atoms with Crippen molar-refractivity contribution >= 4 is 23.4 Å². The van der Waals surface area contributed by atoms with Crippen molar-refractivity contribution in [1.29, 1.82) is 0 Å². The van der Waals surface area contributed by atoms with Crippen LogP contribution in [0.15, 0.2) is 4.79 Å². The van der Waals surface area contributed by atoms with Crippen LogP contribution in [-0.2, 0) is 11.2 Å². The summed E-state index contributed by atoms with van der Waals surface area (Å²) in [5.74, 6) is -0.952. The van der Waals surface area contributed by atoms with E-state index in [0.29, 0.717) is 18.5 Å². The number of carboxylic acid groups (broad SMARTS) is 1. The summed E-state index contributed by atoms with van der Waals surface area (Å²) in [6.45, 7) is 0. The van der Waals surface area contributed by atoms with Gasteiger partial charge in [0.15, 0.2) is 11.0 Å². The van der Waals surface area contributed by atoms with Crippen LogP contribution in [0.2, 0.25) is 5.15 Å². The third-order valence-corrected chi connectivity index (χ3v) is 2.95. The number of rotatable bonds is 2. The van der Waals surface area contributed by atoms with E-state index in [1.165, 1.54) is 11.6 Å². The predicted octanol–water partition coefficient (Wildman–Crippen LogP) is 0.510. The summed E-state index contributed by atoms with van der Waals surface area (Å²) < 4.78 is 1.21. The fourth-order valence-corrected chi connectivity index (χ4v) is 2.17. The largest absolute Gasteiger partial charge is 0.480 e. The average Bonchev–Trinajstić information content (AvgIpc) is 2.68. The van der Waals surface area contributed by atoms with Crippen LogP contribution >= 0.6 is 11.6 Å². The maximum absolute atomic E-state index is 11.9. The van der Waals surface area contributed by atoms with Crippen LogP contribution in [0.3, 0.4) is 0 Å². The van der Waals surface area contributed by atoms with Crippen molar-refractivity contribution in [2.45, 2.75) is 18.9 Å². The minimum Gasteiger partial charge on any atom is -0.480 e. The number of aromatic nitrogens is 2. The Kier molecular flexibility index (Phi) is 2.59. The number of halogens is 1. The third kappa shape index (κ3) is 1.46. The Balaban J connectivity index is 2.69. The van der Waals surface area contributed by atoms with Crippen molar-refractivity contribution in [3.8, 4) is 0 Å². The molecule has 0 spiro atoms. The first-order valence-electron chi connectivity index (χ1n) is 4.77. The Morgan fingerprint density at radius 3 is 2.94 bits per heavy atom. The second kappa shape index (κ2) is 3.79. The fourth-order valence-electron chi connectivity index (χ4n) is 1.90. The highest BCUT2D eigenvalue weighted by molar-refractivity contribution is 6.30. The normalized spacial score (nSPS) is 18.2. The Labute approximate surface area is 95.9 Å². The lowest BCUT2D eigenvalue weighted by molar-refractivity contribution is -0.140. The zero-order valence-electron chi connectivity index (χ0n) is 8.53. The van der Waals surface area contributed by atoms with Crippen LogP contribution in [0, 0.1) is 0 Å². The number of carboxylic acids is 1. The molecule has 7 heteroatoms. The molecule has 1 atom stereocenters. The fraction of sp³-hybridized carbons (Fsp3) is 0.444. The van der Waals surface area contributed by atoms with Crippen LogP contribution in [0.1, 0.15) is 18.2 Å². The Morgan fingerprint density at radius 1 is 1.69 bits per heavy atom. The van der Waals surface area contributed by atoms with Crippen molar-refractivity contribution < 1.29 is 9.90 Å². The van der Waals surface area contributed by atoms with Crippen LogP contribution in [0.5, 0.6) is 0 Å². The molecule has 1 aromatic heterocycles. The van der Waals surface area contributed by atoms with Crippen LogP contribution in [-0.4, -0.2) is 27.7 Å². The second-order valence-corrected chi connectivity index (χ2v) is 3.87. The monoisotopic (exact) mass is 243 g/mol. The number of hydrogen-bond acceptors (Lipinski definition) is 4. The van der Waals surface area contributed by atoms with E-state index >= 15 is 0 Å². The maximum Gasteiger partial charge on any atom is 0.326 e. The smallest absolute Gasteiger partial charge is 0.326 e. The van der Waals surface area contributed by atoms with E-state index in [4.69, 9.17) is 16.7 Å². The molecule has 0 radical (unpaired) electrons. The van der Waals surface area contributed by atoms with E-state index in [1.54, 1.807) is 0 Å². The van der Waals surface area contributed by atoms with E-state index in [1.807, 2.05) is 0 Å². The molecule has 0 saturated carbocycles. The molecule has 0 saturated heterocycles. The molecule has 0 amide bonds. The van der Waals surface area contributed by atoms with Crippen molar-refractivity contribution in [1.82, 2.24) is 9.55 Å². The number of anilines is 1. The van der Waals surface area contributed by atoms with Crippen molar-refractivity contribution in [3.05, 3.63) is 21.2 Å². The molecule has 1 aromatic rings. The number of nitrogens with zero attached hydrogens (tertiary/aromatic N) is 2. The molecule has 6 nitrogen and oxygen atoms in total. The minimum absolute atomic E-state index is 0.0712. The lowest BCUT2D eigenvalue weighted by Crippen LogP contribution is -2.30. The first-order chi connectivity index (χ1) is 7.56. The van der Waals surface area contributed by atoms with Gasteiger partial charge in [0.2, 0.25) is 0 Å². The van der Waals surface area contributed by atoms with Crippen LogP contribution in [0.25, 0.3) is 0 Å². The van der Waals surface area contributed by atoms with E-state index in [-0.39, 0.29) is 11.0 Å². The molecule has 1 aliphatic heterocycles. The Bertz CT molecular complexity index is 511. The first-order valence-corrected chi connectivity index (χ1v) is 5.15. The SMILES string of the molecule is CNc1nc(Cl)c2n(c1=O)[C@H](C(=O)O)CC2. The number of aliphatic carboxylic acids is 1. The topological polar surface area (TPSA) is 84.2 Å². The summed E-state index contributed by atoms with van der Waals surface area (Å²) in [7, 11) is 1.54. The summed E-state index contributed by atoms with van der Waals surface area (Å²) in [5.41, 5.74) is 0.0601. The molecule has 0 aliphatic carbocycles. The van der Waals surface area contributed by atoms with Gasteiger partial charge in [-0.15, -0.1) is 0 Å². The van der Waals surface area contributed by atoms with Gasteiger partial charge in [0.25, 0.3) is 5.56 Å². The second-order valence-electron chi connectivity index (χ2n) is 3.52. The van der Waals surface area contributed by atoms with Gasteiger partial charge in [-0.1, -0.05) is 11.6 Å². The minimum atomic E-state index is -1.02. The molecule has 0 bridgehead atoms. The summed E-state index contributed by atoms with van der Waals surface area (Å²) in [6, 6.07) is -0.838. The summed E-state index contributed by atoms with van der Waals surface area (Å²) in [5, 5.41) is 11.8. The van der Waals surface area contributed by atoms with Gasteiger partial charge in [-0.2, -0.15) is 0 Å². The number of hydrogen-bond donors (Lipinski definition) is 2. The zero-order chi connectivity index (χ0) is 11.9. The molecule has 0 unspecified atom stereocenters. The molecule has 2 N–H and O–H groups in total. The molecular weight excluding hydrogens is 234 g/mol. The van der Waals surface area contributed by atoms with E-state index in [9.17, 15) is 9.59 Å². The van der Waals surface area contributed by atoms with Crippen LogP contribution in [0.4, 0.5) is 5.82 Å². The number of fused-ring (bicyclic) bond motifs is 1. The lowest BCUT2D eigenvalue weighted by atomic mass is 10.2. The van der Waals surface area contributed by atoms with Gasteiger partial charge in [-0.3, -0.25) is 9.36 Å². The molecule has 86 valence electrons.